The number of anilines is 1. The highest BCUT2D eigenvalue weighted by molar-refractivity contribution is 7.10. The van der Waals surface area contributed by atoms with Crippen LogP contribution in [0.5, 0.6) is 0 Å². The average Bonchev–Trinajstić information content (AvgIpc) is 2.36. The van der Waals surface area contributed by atoms with Crippen molar-refractivity contribution in [1.29, 1.82) is 0 Å². The highest BCUT2D eigenvalue weighted by Gasteiger charge is 2.07. The lowest BCUT2D eigenvalue weighted by Gasteiger charge is -2.14. The number of thiophene rings is 1. The second-order valence-electron chi connectivity index (χ2n) is 3.35. The van der Waals surface area contributed by atoms with Crippen LogP contribution < -0.4 is 5.32 Å². The molecule has 2 nitrogen and oxygen atoms in total. The molecule has 0 amide bonds. The summed E-state index contributed by atoms with van der Waals surface area (Å²) in [5, 5.41) is 5.62. The first-order valence-electron chi connectivity index (χ1n) is 4.45. The molecule has 1 atom stereocenters. The monoisotopic (exact) mass is 199 g/mol. The molecule has 0 radical (unpaired) electrons. The predicted octanol–water partition coefficient (Wildman–Crippen LogP) is 2.81. The molecule has 0 unspecified atom stereocenters. The number of methoxy groups -OCH3 is 1. The van der Waals surface area contributed by atoms with Crippen LogP contribution in [0.15, 0.2) is 5.38 Å². The summed E-state index contributed by atoms with van der Waals surface area (Å²) in [5.74, 6) is 0. The van der Waals surface area contributed by atoms with Crippen LogP contribution in [0.4, 0.5) is 5.69 Å². The Labute approximate surface area is 83.9 Å². The highest BCUT2D eigenvalue weighted by atomic mass is 32.1. The first-order valence-corrected chi connectivity index (χ1v) is 5.33. The van der Waals surface area contributed by atoms with Gasteiger partial charge in [0.05, 0.1) is 12.3 Å². The fourth-order valence-corrected chi connectivity index (χ4v) is 2.13. The molecule has 1 aromatic rings. The molecule has 0 bridgehead atoms. The van der Waals surface area contributed by atoms with Gasteiger partial charge in [0.2, 0.25) is 0 Å². The largest absolute Gasteiger partial charge is 0.383 e. The Bertz CT molecular complexity index is 250. The van der Waals surface area contributed by atoms with E-state index in [2.05, 4.69) is 31.5 Å². The van der Waals surface area contributed by atoms with Gasteiger partial charge in [0.25, 0.3) is 0 Å². The predicted molar refractivity (Wildman–Crippen MR) is 58.8 cm³/mol. The van der Waals surface area contributed by atoms with Crippen molar-refractivity contribution in [3.8, 4) is 0 Å². The fourth-order valence-electron chi connectivity index (χ4n) is 1.33. The van der Waals surface area contributed by atoms with Gasteiger partial charge in [-0.25, -0.2) is 0 Å². The van der Waals surface area contributed by atoms with Crippen LogP contribution in [-0.4, -0.2) is 19.8 Å². The normalized spacial score (nSPS) is 12.9. The zero-order chi connectivity index (χ0) is 9.84. The van der Waals surface area contributed by atoms with E-state index in [0.29, 0.717) is 6.04 Å². The van der Waals surface area contributed by atoms with E-state index in [1.54, 1.807) is 18.4 Å². The number of ether oxygens (including phenoxy) is 1. The molecule has 0 aliphatic rings. The molecule has 0 fully saturated rings. The summed E-state index contributed by atoms with van der Waals surface area (Å²) in [6.45, 7) is 7.14. The number of hydrogen-bond acceptors (Lipinski definition) is 3. The number of hydrogen-bond donors (Lipinski definition) is 1. The summed E-state index contributed by atoms with van der Waals surface area (Å²) in [4.78, 5) is 1.35. The van der Waals surface area contributed by atoms with Crippen LogP contribution in [0.3, 0.4) is 0 Å². The molecular formula is C10H17NOS. The third-order valence-corrected chi connectivity index (χ3v) is 3.00. The SMILES string of the molecule is COC[C@@H](C)Nc1c(C)csc1C. The first kappa shape index (κ1) is 10.5. The summed E-state index contributed by atoms with van der Waals surface area (Å²) >= 11 is 1.79. The van der Waals surface area contributed by atoms with E-state index in [9.17, 15) is 0 Å². The molecular weight excluding hydrogens is 182 g/mol. The Morgan fingerprint density at radius 3 is 2.69 bits per heavy atom. The van der Waals surface area contributed by atoms with Gasteiger partial charge in [0.15, 0.2) is 0 Å². The molecule has 0 aromatic carbocycles. The van der Waals surface area contributed by atoms with Crippen LogP contribution in [0.1, 0.15) is 17.4 Å². The summed E-state index contributed by atoms with van der Waals surface area (Å²) < 4.78 is 5.07. The molecule has 74 valence electrons. The van der Waals surface area contributed by atoms with Gasteiger partial charge in [-0.1, -0.05) is 0 Å². The van der Waals surface area contributed by atoms with Gasteiger partial charge in [0, 0.05) is 18.0 Å². The number of rotatable bonds is 4. The van der Waals surface area contributed by atoms with Gasteiger partial charge in [-0.05, 0) is 31.7 Å². The van der Waals surface area contributed by atoms with Crippen molar-refractivity contribution in [2.24, 2.45) is 0 Å². The third-order valence-electron chi connectivity index (χ3n) is 1.97. The van der Waals surface area contributed by atoms with Crippen molar-refractivity contribution in [3.63, 3.8) is 0 Å². The zero-order valence-electron chi connectivity index (χ0n) is 8.68. The fraction of sp³-hybridized carbons (Fsp3) is 0.600. The van der Waals surface area contributed by atoms with Crippen molar-refractivity contribution >= 4 is 17.0 Å². The maximum absolute atomic E-state index is 5.07. The quantitative estimate of drug-likeness (QED) is 0.805. The Morgan fingerprint density at radius 2 is 2.23 bits per heavy atom. The molecule has 3 heteroatoms. The van der Waals surface area contributed by atoms with E-state index in [-0.39, 0.29) is 0 Å². The molecule has 0 spiro atoms. The zero-order valence-corrected chi connectivity index (χ0v) is 9.49. The Kier molecular flexibility index (Phi) is 3.75. The van der Waals surface area contributed by atoms with Gasteiger partial charge < -0.3 is 10.1 Å². The summed E-state index contributed by atoms with van der Waals surface area (Å²) in [7, 11) is 1.73. The minimum atomic E-state index is 0.372. The molecule has 1 rings (SSSR count). The summed E-state index contributed by atoms with van der Waals surface area (Å²) in [5.41, 5.74) is 2.60. The smallest absolute Gasteiger partial charge is 0.0661 e. The molecule has 0 aliphatic heterocycles. The maximum Gasteiger partial charge on any atom is 0.0661 e. The van der Waals surface area contributed by atoms with E-state index in [1.165, 1.54) is 16.1 Å². The minimum Gasteiger partial charge on any atom is -0.383 e. The number of aryl methyl sites for hydroxylation is 2. The molecule has 1 heterocycles. The highest BCUT2D eigenvalue weighted by Crippen LogP contribution is 2.26. The van der Waals surface area contributed by atoms with Crippen LogP contribution in [0, 0.1) is 13.8 Å². The maximum atomic E-state index is 5.07. The van der Waals surface area contributed by atoms with Crippen LogP contribution in [0.25, 0.3) is 0 Å². The van der Waals surface area contributed by atoms with E-state index < -0.39 is 0 Å². The minimum absolute atomic E-state index is 0.372. The summed E-state index contributed by atoms with van der Waals surface area (Å²) in [6, 6.07) is 0.372. The first-order chi connectivity index (χ1) is 6.15. The van der Waals surface area contributed by atoms with Crippen molar-refractivity contribution in [2.75, 3.05) is 19.0 Å². The number of nitrogens with one attached hydrogen (secondary N) is 1. The van der Waals surface area contributed by atoms with Crippen molar-refractivity contribution in [2.45, 2.75) is 26.8 Å². The molecule has 1 aromatic heterocycles. The Morgan fingerprint density at radius 1 is 1.54 bits per heavy atom. The van der Waals surface area contributed by atoms with Crippen LogP contribution >= 0.6 is 11.3 Å². The topological polar surface area (TPSA) is 21.3 Å². The van der Waals surface area contributed by atoms with Crippen molar-refractivity contribution in [1.82, 2.24) is 0 Å². The summed E-state index contributed by atoms with van der Waals surface area (Å²) in [6.07, 6.45) is 0. The van der Waals surface area contributed by atoms with E-state index in [0.717, 1.165) is 6.61 Å². The van der Waals surface area contributed by atoms with Gasteiger partial charge in [-0.2, -0.15) is 0 Å². The standard InChI is InChI=1S/C10H17NOS/c1-7-6-13-9(3)10(7)11-8(2)5-12-4/h6,8,11H,5H2,1-4H3/t8-/m1/s1. The van der Waals surface area contributed by atoms with E-state index in [4.69, 9.17) is 4.74 Å². The average molecular weight is 199 g/mol. The Hall–Kier alpha value is -0.540. The van der Waals surface area contributed by atoms with Crippen LogP contribution in [0.2, 0.25) is 0 Å². The lowest BCUT2D eigenvalue weighted by atomic mass is 10.2. The van der Waals surface area contributed by atoms with Gasteiger partial charge in [-0.3, -0.25) is 0 Å². The second kappa shape index (κ2) is 4.63. The second-order valence-corrected chi connectivity index (χ2v) is 4.43. The van der Waals surface area contributed by atoms with Crippen molar-refractivity contribution in [3.05, 3.63) is 15.8 Å². The van der Waals surface area contributed by atoms with Gasteiger partial charge in [-0.15, -0.1) is 11.3 Å². The lowest BCUT2D eigenvalue weighted by molar-refractivity contribution is 0.190. The van der Waals surface area contributed by atoms with Crippen LogP contribution in [-0.2, 0) is 4.74 Å². The molecule has 0 saturated carbocycles. The molecule has 0 saturated heterocycles. The Balaban J connectivity index is 2.62. The van der Waals surface area contributed by atoms with E-state index >= 15 is 0 Å². The molecule has 0 aliphatic carbocycles. The van der Waals surface area contributed by atoms with Crippen molar-refractivity contribution < 1.29 is 4.74 Å². The van der Waals surface area contributed by atoms with Gasteiger partial charge in [0.1, 0.15) is 0 Å². The molecule has 13 heavy (non-hydrogen) atoms. The molecule has 1 N–H and O–H groups in total. The van der Waals surface area contributed by atoms with E-state index in [1.807, 2.05) is 0 Å². The lowest BCUT2D eigenvalue weighted by Crippen LogP contribution is -2.21. The van der Waals surface area contributed by atoms with Gasteiger partial charge >= 0.3 is 0 Å². The third kappa shape index (κ3) is 2.71.